The number of benzene rings is 2. The maximum Gasteiger partial charge on any atom is 0.181 e. The molecular formula is C13H11BrO3S. The molecule has 94 valence electrons. The van der Waals surface area contributed by atoms with E-state index in [4.69, 9.17) is 4.74 Å². The maximum atomic E-state index is 12.3. The number of hydrogen-bond acceptors (Lipinski definition) is 3. The smallest absolute Gasteiger partial charge is 0.181 e. The van der Waals surface area contributed by atoms with Crippen molar-refractivity contribution in [1.82, 2.24) is 0 Å². The number of fused-ring (bicyclic) bond motifs is 1. The van der Waals surface area contributed by atoms with Crippen molar-refractivity contribution < 1.29 is 13.2 Å². The lowest BCUT2D eigenvalue weighted by Crippen LogP contribution is -2.12. The van der Waals surface area contributed by atoms with Crippen LogP contribution in [0.5, 0.6) is 0 Å². The third-order valence-corrected chi connectivity index (χ3v) is 5.50. The standard InChI is InChI=1S/C13H11BrO3S/c14-12-5-6-13(11-4-2-1-3-10(11)12)18(15,16)8-9-7-17-9/h1-6,9H,7-8H2. The summed E-state index contributed by atoms with van der Waals surface area (Å²) in [5, 5.41) is 1.67. The average molecular weight is 327 g/mol. The van der Waals surface area contributed by atoms with Gasteiger partial charge in [-0.25, -0.2) is 8.42 Å². The second-order valence-electron chi connectivity index (χ2n) is 4.33. The highest BCUT2D eigenvalue weighted by Crippen LogP contribution is 2.31. The largest absolute Gasteiger partial charge is 0.372 e. The molecule has 0 radical (unpaired) electrons. The second kappa shape index (κ2) is 4.33. The van der Waals surface area contributed by atoms with Gasteiger partial charge in [0, 0.05) is 9.86 Å². The Bertz CT molecular complexity index is 705. The Morgan fingerprint density at radius 1 is 1.17 bits per heavy atom. The first-order valence-corrected chi connectivity index (χ1v) is 8.04. The summed E-state index contributed by atoms with van der Waals surface area (Å²) in [6, 6.07) is 10.9. The first-order valence-electron chi connectivity index (χ1n) is 5.59. The van der Waals surface area contributed by atoms with E-state index >= 15 is 0 Å². The summed E-state index contributed by atoms with van der Waals surface area (Å²) in [6.07, 6.45) is -0.127. The molecule has 0 saturated carbocycles. The molecule has 3 nitrogen and oxygen atoms in total. The van der Waals surface area contributed by atoms with Crippen molar-refractivity contribution >= 4 is 36.5 Å². The normalized spacial score (nSPS) is 19.1. The highest BCUT2D eigenvalue weighted by molar-refractivity contribution is 9.10. The van der Waals surface area contributed by atoms with E-state index in [1.165, 1.54) is 0 Å². The maximum absolute atomic E-state index is 12.3. The van der Waals surface area contributed by atoms with E-state index in [9.17, 15) is 8.42 Å². The van der Waals surface area contributed by atoms with Crippen LogP contribution < -0.4 is 0 Å². The van der Waals surface area contributed by atoms with Gasteiger partial charge in [-0.2, -0.15) is 0 Å². The minimum absolute atomic E-state index is 0.0681. The van der Waals surface area contributed by atoms with Gasteiger partial charge in [-0.3, -0.25) is 0 Å². The Hall–Kier alpha value is -0.910. The molecule has 0 amide bonds. The topological polar surface area (TPSA) is 46.7 Å². The quantitative estimate of drug-likeness (QED) is 0.815. The van der Waals surface area contributed by atoms with Crippen LogP contribution in [-0.2, 0) is 14.6 Å². The number of rotatable bonds is 3. The fourth-order valence-electron chi connectivity index (χ4n) is 2.00. The summed E-state index contributed by atoms with van der Waals surface area (Å²) in [6.45, 7) is 0.549. The lowest BCUT2D eigenvalue weighted by molar-refractivity contribution is 0.422. The molecular weight excluding hydrogens is 316 g/mol. The third-order valence-electron chi connectivity index (χ3n) is 2.97. The lowest BCUT2D eigenvalue weighted by atomic mass is 10.1. The zero-order valence-corrected chi connectivity index (χ0v) is 11.9. The predicted octanol–water partition coefficient (Wildman–Crippen LogP) is 2.77. The van der Waals surface area contributed by atoms with Crippen LogP contribution in [0.25, 0.3) is 10.8 Å². The number of ether oxygens (including phenoxy) is 1. The first-order chi connectivity index (χ1) is 8.58. The molecule has 1 unspecified atom stereocenters. The molecule has 0 aromatic heterocycles. The first kappa shape index (κ1) is 12.1. The molecule has 0 N–H and O–H groups in total. The Morgan fingerprint density at radius 3 is 2.50 bits per heavy atom. The summed E-state index contributed by atoms with van der Waals surface area (Å²) in [7, 11) is -3.29. The zero-order chi connectivity index (χ0) is 12.8. The average Bonchev–Trinajstić information content (AvgIpc) is 3.12. The molecule has 5 heteroatoms. The van der Waals surface area contributed by atoms with Crippen molar-refractivity contribution in [2.75, 3.05) is 12.4 Å². The highest BCUT2D eigenvalue weighted by atomic mass is 79.9. The van der Waals surface area contributed by atoms with E-state index in [1.807, 2.05) is 24.3 Å². The molecule has 1 atom stereocenters. The van der Waals surface area contributed by atoms with Crippen LogP contribution in [0.15, 0.2) is 45.8 Å². The molecule has 2 aromatic carbocycles. The SMILES string of the molecule is O=S(=O)(CC1CO1)c1ccc(Br)c2ccccc12. The fourth-order valence-corrected chi connectivity index (χ4v) is 4.13. The third kappa shape index (κ3) is 2.18. The van der Waals surface area contributed by atoms with E-state index in [0.29, 0.717) is 11.5 Å². The summed E-state index contributed by atoms with van der Waals surface area (Å²) >= 11 is 3.44. The van der Waals surface area contributed by atoms with Gasteiger partial charge in [0.1, 0.15) is 0 Å². The zero-order valence-electron chi connectivity index (χ0n) is 9.47. The van der Waals surface area contributed by atoms with Crippen LogP contribution in [0.2, 0.25) is 0 Å². The van der Waals surface area contributed by atoms with E-state index in [1.54, 1.807) is 12.1 Å². The van der Waals surface area contributed by atoms with Crippen molar-refractivity contribution in [3.63, 3.8) is 0 Å². The van der Waals surface area contributed by atoms with Crippen LogP contribution >= 0.6 is 15.9 Å². The van der Waals surface area contributed by atoms with Gasteiger partial charge in [-0.05, 0) is 17.5 Å². The van der Waals surface area contributed by atoms with Crippen LogP contribution in [0.3, 0.4) is 0 Å². The summed E-state index contributed by atoms with van der Waals surface area (Å²) < 4.78 is 30.5. The number of sulfone groups is 1. The monoisotopic (exact) mass is 326 g/mol. The van der Waals surface area contributed by atoms with Gasteiger partial charge in [0.05, 0.1) is 23.4 Å². The van der Waals surface area contributed by atoms with Crippen molar-refractivity contribution in [2.45, 2.75) is 11.0 Å². The van der Waals surface area contributed by atoms with E-state index in [-0.39, 0.29) is 11.9 Å². The molecule has 1 heterocycles. The van der Waals surface area contributed by atoms with Crippen LogP contribution in [0, 0.1) is 0 Å². The van der Waals surface area contributed by atoms with E-state index in [2.05, 4.69) is 15.9 Å². The van der Waals surface area contributed by atoms with Crippen molar-refractivity contribution in [3.05, 3.63) is 40.9 Å². The Balaban J connectivity index is 2.20. The summed E-state index contributed by atoms with van der Waals surface area (Å²) in [4.78, 5) is 0.386. The molecule has 0 bridgehead atoms. The van der Waals surface area contributed by atoms with E-state index < -0.39 is 9.84 Å². The number of epoxide rings is 1. The Morgan fingerprint density at radius 2 is 1.83 bits per heavy atom. The van der Waals surface area contributed by atoms with Crippen molar-refractivity contribution in [1.29, 1.82) is 0 Å². The van der Waals surface area contributed by atoms with Crippen molar-refractivity contribution in [3.8, 4) is 0 Å². The minimum Gasteiger partial charge on any atom is -0.372 e. The molecule has 1 aliphatic heterocycles. The lowest BCUT2D eigenvalue weighted by Gasteiger charge is -2.08. The highest BCUT2D eigenvalue weighted by Gasteiger charge is 2.31. The molecule has 1 fully saturated rings. The molecule has 0 spiro atoms. The number of hydrogen-bond donors (Lipinski definition) is 0. The molecule has 18 heavy (non-hydrogen) atoms. The van der Waals surface area contributed by atoms with Crippen LogP contribution in [0.1, 0.15) is 0 Å². The van der Waals surface area contributed by atoms with Gasteiger partial charge >= 0.3 is 0 Å². The van der Waals surface area contributed by atoms with Gasteiger partial charge in [-0.1, -0.05) is 40.2 Å². The van der Waals surface area contributed by atoms with Gasteiger partial charge in [0.15, 0.2) is 9.84 Å². The van der Waals surface area contributed by atoms with Gasteiger partial charge < -0.3 is 4.74 Å². The second-order valence-corrected chi connectivity index (χ2v) is 7.18. The van der Waals surface area contributed by atoms with E-state index in [0.717, 1.165) is 15.2 Å². The minimum atomic E-state index is -3.29. The summed E-state index contributed by atoms with van der Waals surface area (Å²) in [5.41, 5.74) is 0. The van der Waals surface area contributed by atoms with Gasteiger partial charge in [0.2, 0.25) is 0 Å². The molecule has 1 saturated heterocycles. The fraction of sp³-hybridized carbons (Fsp3) is 0.231. The molecule has 3 rings (SSSR count). The van der Waals surface area contributed by atoms with Gasteiger partial charge in [0.25, 0.3) is 0 Å². The summed E-state index contributed by atoms with van der Waals surface area (Å²) in [5.74, 6) is 0.0681. The molecule has 1 aliphatic rings. The van der Waals surface area contributed by atoms with Crippen LogP contribution in [-0.4, -0.2) is 26.9 Å². The predicted molar refractivity (Wildman–Crippen MR) is 73.4 cm³/mol. The molecule has 0 aliphatic carbocycles. The van der Waals surface area contributed by atoms with Gasteiger partial charge in [-0.15, -0.1) is 0 Å². The van der Waals surface area contributed by atoms with Crippen LogP contribution in [0.4, 0.5) is 0 Å². The number of halogens is 1. The molecule has 2 aromatic rings. The van der Waals surface area contributed by atoms with Crippen molar-refractivity contribution in [2.24, 2.45) is 0 Å². The Kier molecular flexibility index (Phi) is 2.92. The Labute approximate surface area is 114 Å².